The van der Waals surface area contributed by atoms with Gasteiger partial charge in [-0.1, -0.05) is 6.07 Å². The van der Waals surface area contributed by atoms with Crippen LogP contribution in [0.3, 0.4) is 0 Å². The zero-order valence-electron chi connectivity index (χ0n) is 10.9. The number of halogens is 1. The summed E-state index contributed by atoms with van der Waals surface area (Å²) in [6, 6.07) is 9.68. The van der Waals surface area contributed by atoms with E-state index in [4.69, 9.17) is 4.74 Å². The lowest BCUT2D eigenvalue weighted by molar-refractivity contribution is 0.112. The van der Waals surface area contributed by atoms with Crippen LogP contribution in [0.25, 0.3) is 0 Å². The number of rotatable bonds is 4. The Morgan fingerprint density at radius 2 is 1.79 bits per heavy atom. The van der Waals surface area contributed by atoms with Gasteiger partial charge in [0.05, 0.1) is 0 Å². The van der Waals surface area contributed by atoms with E-state index in [9.17, 15) is 9.18 Å². The first-order chi connectivity index (χ1) is 9.10. The number of benzene rings is 2. The molecule has 2 aromatic carbocycles. The molecular formula is C16H15FO2. The van der Waals surface area contributed by atoms with Crippen molar-refractivity contribution in [3.8, 4) is 5.75 Å². The molecule has 0 spiro atoms. The van der Waals surface area contributed by atoms with E-state index in [1.807, 2.05) is 26.0 Å². The minimum Gasteiger partial charge on any atom is -0.489 e. The Balaban J connectivity index is 2.15. The first-order valence-electron chi connectivity index (χ1n) is 6.04. The quantitative estimate of drug-likeness (QED) is 0.779. The Labute approximate surface area is 111 Å². The first-order valence-corrected chi connectivity index (χ1v) is 6.04. The number of carbonyl (C=O) groups excluding carboxylic acids is 1. The number of ether oxygens (including phenoxy) is 1. The summed E-state index contributed by atoms with van der Waals surface area (Å²) in [5.41, 5.74) is 3.66. The molecule has 0 saturated heterocycles. The maximum Gasteiger partial charge on any atom is 0.150 e. The van der Waals surface area contributed by atoms with Crippen LogP contribution in [0, 0.1) is 19.7 Å². The number of hydrogen-bond donors (Lipinski definition) is 0. The number of carbonyl (C=O) groups is 1. The normalized spacial score (nSPS) is 10.3. The molecule has 0 aliphatic carbocycles. The topological polar surface area (TPSA) is 26.3 Å². The highest BCUT2D eigenvalue weighted by Crippen LogP contribution is 2.18. The van der Waals surface area contributed by atoms with Crippen molar-refractivity contribution in [2.24, 2.45) is 0 Å². The van der Waals surface area contributed by atoms with Gasteiger partial charge in [0, 0.05) is 5.56 Å². The van der Waals surface area contributed by atoms with Crippen LogP contribution in [0.4, 0.5) is 4.39 Å². The fourth-order valence-electron chi connectivity index (χ4n) is 1.89. The Morgan fingerprint density at radius 1 is 1.11 bits per heavy atom. The summed E-state index contributed by atoms with van der Waals surface area (Å²) in [5, 5.41) is 0. The minimum atomic E-state index is -0.290. The number of hydrogen-bond acceptors (Lipinski definition) is 2. The van der Waals surface area contributed by atoms with Gasteiger partial charge in [-0.15, -0.1) is 0 Å². The Bertz CT molecular complexity index is 588. The summed E-state index contributed by atoms with van der Waals surface area (Å²) in [5.74, 6) is 0.316. The maximum atomic E-state index is 12.8. The lowest BCUT2D eigenvalue weighted by Crippen LogP contribution is -2.00. The minimum absolute atomic E-state index is 0.290. The molecule has 19 heavy (non-hydrogen) atoms. The van der Waals surface area contributed by atoms with E-state index in [2.05, 4.69) is 0 Å². The number of aldehydes is 1. The molecular weight excluding hydrogens is 243 g/mol. The standard InChI is InChI=1S/C16H15FO2/c1-11-7-12(2)14(8-13(11)9-18)10-19-16-5-3-15(17)4-6-16/h3-9H,10H2,1-2H3. The largest absolute Gasteiger partial charge is 0.489 e. The molecule has 2 rings (SSSR count). The van der Waals surface area contributed by atoms with Gasteiger partial charge in [-0.2, -0.15) is 0 Å². The molecule has 0 heterocycles. The van der Waals surface area contributed by atoms with Gasteiger partial charge in [0.2, 0.25) is 0 Å². The van der Waals surface area contributed by atoms with E-state index < -0.39 is 0 Å². The molecule has 0 aromatic heterocycles. The molecule has 0 aliphatic heterocycles. The SMILES string of the molecule is Cc1cc(C)c(COc2ccc(F)cc2)cc1C=O. The predicted molar refractivity (Wildman–Crippen MR) is 72.0 cm³/mol. The lowest BCUT2D eigenvalue weighted by Gasteiger charge is -2.11. The fraction of sp³-hybridized carbons (Fsp3) is 0.188. The van der Waals surface area contributed by atoms with Gasteiger partial charge in [0.15, 0.2) is 0 Å². The van der Waals surface area contributed by atoms with E-state index in [1.54, 1.807) is 12.1 Å². The second-order valence-electron chi connectivity index (χ2n) is 4.50. The van der Waals surface area contributed by atoms with Crippen molar-refractivity contribution >= 4 is 6.29 Å². The molecule has 98 valence electrons. The fourth-order valence-corrected chi connectivity index (χ4v) is 1.89. The predicted octanol–water partition coefficient (Wildman–Crippen LogP) is 3.83. The summed E-state index contributed by atoms with van der Waals surface area (Å²) < 4.78 is 18.3. The van der Waals surface area contributed by atoms with Gasteiger partial charge in [-0.05, 0) is 60.9 Å². The lowest BCUT2D eigenvalue weighted by atomic mass is 10.0. The van der Waals surface area contributed by atoms with Crippen molar-refractivity contribution in [2.75, 3.05) is 0 Å². The highest BCUT2D eigenvalue weighted by atomic mass is 19.1. The van der Waals surface area contributed by atoms with E-state index in [-0.39, 0.29) is 5.82 Å². The highest BCUT2D eigenvalue weighted by molar-refractivity contribution is 5.77. The van der Waals surface area contributed by atoms with E-state index in [0.29, 0.717) is 17.9 Å². The molecule has 0 saturated carbocycles. The van der Waals surface area contributed by atoms with Crippen LogP contribution >= 0.6 is 0 Å². The van der Waals surface area contributed by atoms with Crippen LogP contribution in [0.1, 0.15) is 27.0 Å². The van der Waals surface area contributed by atoms with Crippen molar-refractivity contribution in [3.05, 3.63) is 64.5 Å². The summed E-state index contributed by atoms with van der Waals surface area (Å²) in [7, 11) is 0. The highest BCUT2D eigenvalue weighted by Gasteiger charge is 2.05. The molecule has 0 atom stereocenters. The third kappa shape index (κ3) is 3.19. The molecule has 2 nitrogen and oxygen atoms in total. The van der Waals surface area contributed by atoms with Crippen molar-refractivity contribution < 1.29 is 13.9 Å². The molecule has 0 amide bonds. The van der Waals surface area contributed by atoms with Crippen molar-refractivity contribution in [2.45, 2.75) is 20.5 Å². The number of aryl methyl sites for hydroxylation is 2. The van der Waals surface area contributed by atoms with Gasteiger partial charge >= 0.3 is 0 Å². The molecule has 0 aliphatic rings. The van der Waals surface area contributed by atoms with Crippen LogP contribution in [0.5, 0.6) is 5.75 Å². The average molecular weight is 258 g/mol. The molecule has 2 aromatic rings. The Morgan fingerprint density at radius 3 is 2.42 bits per heavy atom. The van der Waals surface area contributed by atoms with Crippen LogP contribution in [0.15, 0.2) is 36.4 Å². The first kappa shape index (κ1) is 13.3. The van der Waals surface area contributed by atoms with Crippen molar-refractivity contribution in [1.82, 2.24) is 0 Å². The summed E-state index contributed by atoms with van der Waals surface area (Å²) >= 11 is 0. The molecule has 0 bridgehead atoms. The van der Waals surface area contributed by atoms with Crippen molar-refractivity contribution in [3.63, 3.8) is 0 Å². The maximum absolute atomic E-state index is 12.8. The van der Waals surface area contributed by atoms with Crippen LogP contribution < -0.4 is 4.74 Å². The molecule has 0 fully saturated rings. The summed E-state index contributed by atoms with van der Waals surface area (Å²) in [6.07, 6.45) is 0.843. The zero-order valence-corrected chi connectivity index (χ0v) is 10.9. The zero-order chi connectivity index (χ0) is 13.8. The Kier molecular flexibility index (Phi) is 3.95. The van der Waals surface area contributed by atoms with E-state index in [0.717, 1.165) is 23.0 Å². The Hall–Kier alpha value is -2.16. The van der Waals surface area contributed by atoms with E-state index in [1.165, 1.54) is 12.1 Å². The van der Waals surface area contributed by atoms with Gasteiger partial charge in [-0.3, -0.25) is 4.79 Å². The monoisotopic (exact) mass is 258 g/mol. The average Bonchev–Trinajstić information content (AvgIpc) is 2.40. The van der Waals surface area contributed by atoms with Crippen molar-refractivity contribution in [1.29, 1.82) is 0 Å². The van der Waals surface area contributed by atoms with Crippen LogP contribution in [-0.4, -0.2) is 6.29 Å². The van der Waals surface area contributed by atoms with Gasteiger partial charge < -0.3 is 4.74 Å². The second-order valence-corrected chi connectivity index (χ2v) is 4.50. The smallest absolute Gasteiger partial charge is 0.150 e. The van der Waals surface area contributed by atoms with Gasteiger partial charge in [-0.25, -0.2) is 4.39 Å². The van der Waals surface area contributed by atoms with Crippen LogP contribution in [-0.2, 0) is 6.61 Å². The third-order valence-electron chi connectivity index (χ3n) is 3.06. The molecule has 0 radical (unpaired) electrons. The van der Waals surface area contributed by atoms with E-state index >= 15 is 0 Å². The molecule has 0 unspecified atom stereocenters. The van der Waals surface area contributed by atoms with Gasteiger partial charge in [0.25, 0.3) is 0 Å². The third-order valence-corrected chi connectivity index (χ3v) is 3.06. The van der Waals surface area contributed by atoms with Gasteiger partial charge in [0.1, 0.15) is 24.5 Å². The molecule has 3 heteroatoms. The summed E-state index contributed by atoms with van der Waals surface area (Å²) in [6.45, 7) is 4.24. The summed E-state index contributed by atoms with van der Waals surface area (Å²) in [4.78, 5) is 10.9. The second kappa shape index (κ2) is 5.65. The van der Waals surface area contributed by atoms with Crippen LogP contribution in [0.2, 0.25) is 0 Å². The molecule has 0 N–H and O–H groups in total.